The number of aliphatic carboxylic acids is 1. The van der Waals surface area contributed by atoms with Crippen molar-refractivity contribution in [3.8, 4) is 11.1 Å². The van der Waals surface area contributed by atoms with Gasteiger partial charge < -0.3 is 21.5 Å². The highest BCUT2D eigenvalue weighted by molar-refractivity contribution is 7.98. The number of nitrogens with two attached hydrogens (primary N) is 1. The van der Waals surface area contributed by atoms with E-state index in [4.69, 9.17) is 10.8 Å². The molecule has 0 aliphatic carbocycles. The maximum Gasteiger partial charge on any atom is 0.320 e. The summed E-state index contributed by atoms with van der Waals surface area (Å²) in [6.07, 6.45) is -0.0828. The van der Waals surface area contributed by atoms with E-state index < -0.39 is 24.0 Å². The van der Waals surface area contributed by atoms with Gasteiger partial charge in [-0.05, 0) is 35.6 Å². The molecule has 0 saturated heterocycles. The Labute approximate surface area is 221 Å². The monoisotopic (exact) mass is 519 g/mol. The van der Waals surface area contributed by atoms with E-state index in [0.29, 0.717) is 11.5 Å². The molecule has 0 spiro atoms. The largest absolute Gasteiger partial charge is 0.480 e. The average Bonchev–Trinajstić information content (AvgIpc) is 2.92. The minimum atomic E-state index is -1.16. The van der Waals surface area contributed by atoms with Crippen molar-refractivity contribution in [1.82, 2.24) is 10.6 Å². The molecule has 3 atom stereocenters. The summed E-state index contributed by atoms with van der Waals surface area (Å²) in [5, 5.41) is 14.7. The first-order valence-electron chi connectivity index (χ1n) is 12.2. The molecule has 3 aromatic carbocycles. The van der Waals surface area contributed by atoms with Gasteiger partial charge >= 0.3 is 5.97 Å². The van der Waals surface area contributed by atoms with Crippen LogP contribution < -0.4 is 16.4 Å². The number of carboxylic acid groups (broad SMARTS) is 1. The van der Waals surface area contributed by atoms with Crippen molar-refractivity contribution in [2.75, 3.05) is 5.75 Å². The summed E-state index contributed by atoms with van der Waals surface area (Å²) in [4.78, 5) is 36.7. The van der Waals surface area contributed by atoms with Crippen molar-refractivity contribution >= 4 is 29.5 Å². The van der Waals surface area contributed by atoms with Crippen LogP contribution in [0.5, 0.6) is 0 Å². The van der Waals surface area contributed by atoms with Crippen molar-refractivity contribution in [3.63, 3.8) is 0 Å². The van der Waals surface area contributed by atoms with Gasteiger partial charge in [-0.1, -0.05) is 84.9 Å². The highest BCUT2D eigenvalue weighted by Crippen LogP contribution is 2.27. The Balaban J connectivity index is 1.67. The second-order valence-electron chi connectivity index (χ2n) is 8.78. The summed E-state index contributed by atoms with van der Waals surface area (Å²) >= 11 is 1.55. The standard InChI is InChI=1S/C29H33N3O4S/c1-20(21-10-4-2-5-11-21)31-28(34)26(32-27(33)17-16-25(30)29(35)36)19-37-18-23-14-8-9-15-24(23)22-12-6-3-7-13-22/h2-15,20,25-26H,16-19,30H2,1H3,(H,31,34)(H,32,33)(H,35,36)/t20-,25-,26-/m0/s1. The molecule has 7 nitrogen and oxygen atoms in total. The van der Waals surface area contributed by atoms with E-state index in [1.807, 2.05) is 67.6 Å². The molecule has 0 aliphatic heterocycles. The Kier molecular flexibility index (Phi) is 10.7. The van der Waals surface area contributed by atoms with Gasteiger partial charge in [-0.25, -0.2) is 0 Å². The molecular weight excluding hydrogens is 486 g/mol. The van der Waals surface area contributed by atoms with Crippen molar-refractivity contribution < 1.29 is 19.5 Å². The Hall–Kier alpha value is -3.62. The van der Waals surface area contributed by atoms with Crippen LogP contribution in [0.2, 0.25) is 0 Å². The zero-order chi connectivity index (χ0) is 26.6. The summed E-state index contributed by atoms with van der Waals surface area (Å²) in [7, 11) is 0. The van der Waals surface area contributed by atoms with Crippen molar-refractivity contribution in [2.45, 2.75) is 43.6 Å². The second-order valence-corrected chi connectivity index (χ2v) is 9.81. The molecule has 5 N–H and O–H groups in total. The van der Waals surface area contributed by atoms with Crippen molar-refractivity contribution in [2.24, 2.45) is 5.73 Å². The fourth-order valence-corrected chi connectivity index (χ4v) is 4.89. The molecule has 0 aliphatic rings. The fraction of sp³-hybridized carbons (Fsp3) is 0.276. The summed E-state index contributed by atoms with van der Waals surface area (Å²) in [6, 6.07) is 25.7. The minimum Gasteiger partial charge on any atom is -0.480 e. The molecule has 3 rings (SSSR count). The zero-order valence-corrected chi connectivity index (χ0v) is 21.6. The Morgan fingerprint density at radius 2 is 1.51 bits per heavy atom. The van der Waals surface area contributed by atoms with Crippen LogP contribution in [0.4, 0.5) is 0 Å². The minimum absolute atomic E-state index is 0.00643. The molecule has 0 fully saturated rings. The lowest BCUT2D eigenvalue weighted by Gasteiger charge is -2.22. The van der Waals surface area contributed by atoms with E-state index in [1.54, 1.807) is 11.8 Å². The second kappa shape index (κ2) is 14.2. The van der Waals surface area contributed by atoms with Crippen LogP contribution in [-0.2, 0) is 20.1 Å². The SMILES string of the molecule is C[C@H](NC(=O)[C@H](CSCc1ccccc1-c1ccccc1)NC(=O)CC[C@H](N)C(=O)O)c1ccccc1. The van der Waals surface area contributed by atoms with Crippen molar-refractivity contribution in [1.29, 1.82) is 0 Å². The molecule has 8 heteroatoms. The lowest BCUT2D eigenvalue weighted by atomic mass is 10.0. The van der Waals surface area contributed by atoms with E-state index >= 15 is 0 Å². The van der Waals surface area contributed by atoms with Crippen LogP contribution in [0, 0.1) is 0 Å². The molecule has 194 valence electrons. The number of carboxylic acids is 1. The normalized spacial score (nSPS) is 13.2. The first-order valence-corrected chi connectivity index (χ1v) is 13.3. The van der Waals surface area contributed by atoms with Crippen LogP contribution in [0.25, 0.3) is 11.1 Å². The molecule has 0 unspecified atom stereocenters. The van der Waals surface area contributed by atoms with Gasteiger partial charge in [-0.2, -0.15) is 11.8 Å². The number of hydrogen-bond donors (Lipinski definition) is 4. The first kappa shape index (κ1) is 28.0. The van der Waals surface area contributed by atoms with Crippen LogP contribution in [-0.4, -0.2) is 40.7 Å². The molecule has 0 aromatic heterocycles. The van der Waals surface area contributed by atoms with E-state index in [0.717, 1.165) is 22.3 Å². The van der Waals surface area contributed by atoms with Gasteiger partial charge in [0.1, 0.15) is 12.1 Å². The van der Waals surface area contributed by atoms with Gasteiger partial charge in [0.15, 0.2) is 0 Å². The van der Waals surface area contributed by atoms with Crippen LogP contribution in [0.1, 0.15) is 36.9 Å². The van der Waals surface area contributed by atoms with Crippen molar-refractivity contribution in [3.05, 3.63) is 96.1 Å². The smallest absolute Gasteiger partial charge is 0.320 e. The van der Waals surface area contributed by atoms with Gasteiger partial charge in [0.05, 0.1) is 6.04 Å². The molecular formula is C29H33N3O4S. The Bertz CT molecular complexity index is 1170. The summed E-state index contributed by atoms with van der Waals surface area (Å²) in [5.74, 6) is -0.854. The van der Waals surface area contributed by atoms with Crippen LogP contribution in [0.3, 0.4) is 0 Å². The number of carbonyl (C=O) groups is 3. The van der Waals surface area contributed by atoms with Gasteiger partial charge in [0, 0.05) is 17.9 Å². The molecule has 0 saturated carbocycles. The molecule has 0 bridgehead atoms. The van der Waals surface area contributed by atoms with Gasteiger partial charge in [0.2, 0.25) is 11.8 Å². The number of hydrogen-bond acceptors (Lipinski definition) is 5. The molecule has 37 heavy (non-hydrogen) atoms. The topological polar surface area (TPSA) is 122 Å². The number of thioether (sulfide) groups is 1. The number of rotatable bonds is 13. The maximum absolute atomic E-state index is 13.2. The number of nitrogens with one attached hydrogen (secondary N) is 2. The average molecular weight is 520 g/mol. The van der Waals surface area contributed by atoms with Gasteiger partial charge in [-0.3, -0.25) is 14.4 Å². The maximum atomic E-state index is 13.2. The number of carbonyl (C=O) groups excluding carboxylic acids is 2. The number of amides is 2. The highest BCUT2D eigenvalue weighted by Gasteiger charge is 2.24. The summed E-state index contributed by atoms with van der Waals surface area (Å²) in [6.45, 7) is 1.89. The third-order valence-electron chi connectivity index (χ3n) is 5.95. The first-order chi connectivity index (χ1) is 17.8. The highest BCUT2D eigenvalue weighted by atomic mass is 32.2. The molecule has 0 heterocycles. The lowest BCUT2D eigenvalue weighted by molar-refractivity contribution is -0.138. The van der Waals surface area contributed by atoms with E-state index in [9.17, 15) is 14.4 Å². The van der Waals surface area contributed by atoms with E-state index in [-0.39, 0.29) is 24.8 Å². The molecule has 0 radical (unpaired) electrons. The van der Waals surface area contributed by atoms with Gasteiger partial charge in [-0.15, -0.1) is 0 Å². The Morgan fingerprint density at radius 1 is 0.892 bits per heavy atom. The van der Waals surface area contributed by atoms with E-state index in [2.05, 4.69) is 34.9 Å². The van der Waals surface area contributed by atoms with Gasteiger partial charge in [0.25, 0.3) is 0 Å². The van der Waals surface area contributed by atoms with Crippen LogP contribution >= 0.6 is 11.8 Å². The van der Waals surface area contributed by atoms with Crippen LogP contribution in [0.15, 0.2) is 84.9 Å². The third kappa shape index (κ3) is 8.77. The third-order valence-corrected chi connectivity index (χ3v) is 7.04. The quantitative estimate of drug-likeness (QED) is 0.269. The molecule has 3 aromatic rings. The fourth-order valence-electron chi connectivity index (χ4n) is 3.83. The lowest BCUT2D eigenvalue weighted by Crippen LogP contribution is -2.49. The number of benzene rings is 3. The Morgan fingerprint density at radius 3 is 2.19 bits per heavy atom. The molecule has 2 amide bonds. The predicted octanol–water partition coefficient (Wildman–Crippen LogP) is 4.14. The summed E-state index contributed by atoms with van der Waals surface area (Å²) in [5.41, 5.74) is 9.86. The summed E-state index contributed by atoms with van der Waals surface area (Å²) < 4.78 is 0. The predicted molar refractivity (Wildman–Crippen MR) is 148 cm³/mol. The zero-order valence-electron chi connectivity index (χ0n) is 20.8. The van der Waals surface area contributed by atoms with E-state index in [1.165, 1.54) is 0 Å².